The van der Waals surface area contributed by atoms with Crippen molar-refractivity contribution < 1.29 is 4.79 Å². The molecule has 4 aromatic rings. The maximum atomic E-state index is 13.7. The van der Waals surface area contributed by atoms with Gasteiger partial charge in [-0.2, -0.15) is 5.10 Å². The van der Waals surface area contributed by atoms with Crippen LogP contribution in [0, 0.1) is 13.8 Å². The molecule has 3 N–H and O–H groups in total. The lowest BCUT2D eigenvalue weighted by Gasteiger charge is -2.34. The molecule has 36 heavy (non-hydrogen) atoms. The first-order valence-electron chi connectivity index (χ1n) is 12.4. The van der Waals surface area contributed by atoms with Crippen LogP contribution < -0.4 is 16.0 Å². The van der Waals surface area contributed by atoms with Gasteiger partial charge < -0.3 is 16.0 Å². The van der Waals surface area contributed by atoms with Crippen molar-refractivity contribution in [2.45, 2.75) is 32.7 Å². The number of carbonyl (C=O) groups excluding carboxylic acids is 1. The van der Waals surface area contributed by atoms with E-state index in [2.05, 4.69) is 52.3 Å². The minimum atomic E-state index is -0.184. The van der Waals surface area contributed by atoms with Crippen LogP contribution in [0.25, 0.3) is 22.4 Å². The van der Waals surface area contributed by atoms with E-state index in [4.69, 9.17) is 5.73 Å². The zero-order valence-corrected chi connectivity index (χ0v) is 21.0. The molecule has 2 aromatic heterocycles. The van der Waals surface area contributed by atoms with Crippen molar-refractivity contribution in [3.05, 3.63) is 83.8 Å². The summed E-state index contributed by atoms with van der Waals surface area (Å²) in [6.45, 7) is 5.79. The number of hydrogen-bond acceptors (Lipinski definition) is 5. The Labute approximate surface area is 212 Å². The Morgan fingerprint density at radius 1 is 1.00 bits per heavy atom. The van der Waals surface area contributed by atoms with Crippen LogP contribution in [0.2, 0.25) is 0 Å². The van der Waals surface area contributed by atoms with Gasteiger partial charge in [-0.25, -0.2) is 0 Å². The van der Waals surface area contributed by atoms with E-state index in [9.17, 15) is 4.79 Å². The molecule has 0 radical (unpaired) electrons. The predicted octanol–water partition coefficient (Wildman–Crippen LogP) is 4.95. The van der Waals surface area contributed by atoms with Gasteiger partial charge >= 0.3 is 0 Å². The third-order valence-corrected chi connectivity index (χ3v) is 6.68. The Kier molecular flexibility index (Phi) is 6.57. The minimum Gasteiger partial charge on any atom is -0.370 e. The van der Waals surface area contributed by atoms with Crippen LogP contribution in [0.15, 0.2) is 67.1 Å². The summed E-state index contributed by atoms with van der Waals surface area (Å²) < 4.78 is 1.77. The Morgan fingerprint density at radius 3 is 2.44 bits per heavy atom. The zero-order valence-electron chi connectivity index (χ0n) is 21.0. The fraction of sp³-hybridized carbons (Fsp3) is 0.276. The second kappa shape index (κ2) is 9.95. The topological polar surface area (TPSA) is 89.1 Å². The Morgan fingerprint density at radius 2 is 1.75 bits per heavy atom. The molecule has 1 saturated heterocycles. The molecule has 0 atom stereocenters. The van der Waals surface area contributed by atoms with Gasteiger partial charge in [0, 0.05) is 61.6 Å². The maximum Gasteiger partial charge on any atom is 0.259 e. The first-order chi connectivity index (χ1) is 17.4. The van der Waals surface area contributed by atoms with Gasteiger partial charge in [0.1, 0.15) is 0 Å². The van der Waals surface area contributed by atoms with E-state index in [0.29, 0.717) is 11.3 Å². The molecule has 0 unspecified atom stereocenters. The van der Waals surface area contributed by atoms with Crippen molar-refractivity contribution in [2.75, 3.05) is 23.3 Å². The van der Waals surface area contributed by atoms with Crippen LogP contribution in [-0.4, -0.2) is 39.8 Å². The summed E-state index contributed by atoms with van der Waals surface area (Å²) in [5.41, 5.74) is 14.6. The van der Waals surface area contributed by atoms with Crippen molar-refractivity contribution in [3.63, 3.8) is 0 Å². The number of anilines is 2. The molecule has 1 fully saturated rings. The molecule has 7 nitrogen and oxygen atoms in total. The van der Waals surface area contributed by atoms with Gasteiger partial charge in [-0.3, -0.25) is 14.5 Å². The molecule has 0 aliphatic carbocycles. The third kappa shape index (κ3) is 5.02. The number of nitrogens with zero attached hydrogens (tertiary/aromatic N) is 4. The number of aromatic nitrogens is 3. The molecule has 0 saturated carbocycles. The standard InChI is InChI=1S/C29H32N6O/c1-19-13-20(2)15-22(14-19)25-17-31-18-26(28(25)35-11-7-23(30)8-12-35)29(36)32-24-6-4-5-21(16-24)27-9-10-34(3)33-27/h4-6,9-10,13-18,23H,7-8,11-12,30H2,1-3H3,(H,32,36). The van der Waals surface area contributed by atoms with Gasteiger partial charge in [-0.05, 0) is 50.5 Å². The Hall–Kier alpha value is -3.97. The summed E-state index contributed by atoms with van der Waals surface area (Å²) in [5, 5.41) is 7.58. The van der Waals surface area contributed by atoms with E-state index in [1.807, 2.05) is 49.8 Å². The molecule has 1 aliphatic rings. The van der Waals surface area contributed by atoms with Gasteiger partial charge in [0.25, 0.3) is 5.91 Å². The zero-order chi connectivity index (χ0) is 25.2. The highest BCUT2D eigenvalue weighted by Crippen LogP contribution is 2.36. The van der Waals surface area contributed by atoms with Crippen molar-refractivity contribution in [3.8, 4) is 22.4 Å². The molecule has 7 heteroatoms. The highest BCUT2D eigenvalue weighted by Gasteiger charge is 2.25. The van der Waals surface area contributed by atoms with E-state index in [0.717, 1.165) is 54.0 Å². The molecular formula is C29H32N6O. The lowest BCUT2D eigenvalue weighted by atomic mass is 9.96. The van der Waals surface area contributed by atoms with Gasteiger partial charge in [-0.15, -0.1) is 0 Å². The van der Waals surface area contributed by atoms with Gasteiger partial charge in [-0.1, -0.05) is 41.5 Å². The van der Waals surface area contributed by atoms with Gasteiger partial charge in [0.15, 0.2) is 0 Å². The number of hydrogen-bond donors (Lipinski definition) is 2. The van der Waals surface area contributed by atoms with E-state index >= 15 is 0 Å². The average molecular weight is 481 g/mol. The first kappa shape index (κ1) is 23.8. The maximum absolute atomic E-state index is 13.7. The average Bonchev–Trinajstić information content (AvgIpc) is 3.30. The second-order valence-corrected chi connectivity index (χ2v) is 9.69. The molecule has 0 bridgehead atoms. The number of pyridine rings is 1. The highest BCUT2D eigenvalue weighted by molar-refractivity contribution is 6.10. The number of rotatable bonds is 5. The van der Waals surface area contributed by atoms with Crippen molar-refractivity contribution in [1.82, 2.24) is 14.8 Å². The Balaban J connectivity index is 1.53. The number of nitrogens with two attached hydrogens (primary N) is 1. The molecule has 5 rings (SSSR count). The van der Waals surface area contributed by atoms with E-state index in [1.54, 1.807) is 10.9 Å². The number of benzene rings is 2. The van der Waals surface area contributed by atoms with Gasteiger partial charge in [0.05, 0.1) is 16.9 Å². The number of amides is 1. The SMILES string of the molecule is Cc1cc(C)cc(-c2cncc(C(=O)Nc3cccc(-c4ccn(C)n4)c3)c2N2CCC(N)CC2)c1. The van der Waals surface area contributed by atoms with E-state index in [-0.39, 0.29) is 11.9 Å². The summed E-state index contributed by atoms with van der Waals surface area (Å²) in [6.07, 6.45) is 7.23. The smallest absolute Gasteiger partial charge is 0.259 e. The van der Waals surface area contributed by atoms with Crippen molar-refractivity contribution in [1.29, 1.82) is 0 Å². The number of carbonyl (C=O) groups is 1. The fourth-order valence-electron chi connectivity index (χ4n) is 4.95. The monoisotopic (exact) mass is 480 g/mol. The number of aryl methyl sites for hydroxylation is 3. The van der Waals surface area contributed by atoms with Gasteiger partial charge in [0.2, 0.25) is 0 Å². The fourth-order valence-corrected chi connectivity index (χ4v) is 4.95. The number of nitrogens with one attached hydrogen (secondary N) is 1. The van der Waals surface area contributed by atoms with Crippen molar-refractivity contribution in [2.24, 2.45) is 12.8 Å². The molecule has 3 heterocycles. The largest absolute Gasteiger partial charge is 0.370 e. The Bertz CT molecular complexity index is 1380. The third-order valence-electron chi connectivity index (χ3n) is 6.68. The molecule has 184 valence electrons. The van der Waals surface area contributed by atoms with Crippen molar-refractivity contribution >= 4 is 17.3 Å². The highest BCUT2D eigenvalue weighted by atomic mass is 16.1. The molecular weight excluding hydrogens is 448 g/mol. The molecule has 1 amide bonds. The van der Waals surface area contributed by atoms with E-state index < -0.39 is 0 Å². The molecule has 0 spiro atoms. The molecule has 2 aromatic carbocycles. The van der Waals surface area contributed by atoms with E-state index in [1.165, 1.54) is 11.1 Å². The summed E-state index contributed by atoms with van der Waals surface area (Å²) in [4.78, 5) is 20.5. The lowest BCUT2D eigenvalue weighted by molar-refractivity contribution is 0.102. The van der Waals surface area contributed by atoms with Crippen LogP contribution in [0.4, 0.5) is 11.4 Å². The van der Waals surface area contributed by atoms with Crippen LogP contribution >= 0.6 is 0 Å². The predicted molar refractivity (Wildman–Crippen MR) is 145 cm³/mol. The normalized spacial score (nSPS) is 14.2. The molecule has 1 aliphatic heterocycles. The minimum absolute atomic E-state index is 0.184. The van der Waals surface area contributed by atoms with Crippen LogP contribution in [0.1, 0.15) is 34.3 Å². The number of piperidine rings is 1. The summed E-state index contributed by atoms with van der Waals surface area (Å²) in [5.74, 6) is -0.184. The quantitative estimate of drug-likeness (QED) is 0.422. The lowest BCUT2D eigenvalue weighted by Crippen LogP contribution is -2.40. The summed E-state index contributed by atoms with van der Waals surface area (Å²) >= 11 is 0. The summed E-state index contributed by atoms with van der Waals surface area (Å²) in [6, 6.07) is 16.4. The van der Waals surface area contributed by atoms with Crippen LogP contribution in [-0.2, 0) is 7.05 Å². The van der Waals surface area contributed by atoms with Crippen LogP contribution in [0.3, 0.4) is 0 Å². The second-order valence-electron chi connectivity index (χ2n) is 9.69. The van der Waals surface area contributed by atoms with Crippen LogP contribution in [0.5, 0.6) is 0 Å². The summed E-state index contributed by atoms with van der Waals surface area (Å²) in [7, 11) is 1.89. The first-order valence-corrected chi connectivity index (χ1v) is 12.4.